The van der Waals surface area contributed by atoms with E-state index in [-0.39, 0.29) is 28.8 Å². The molecule has 0 aliphatic heterocycles. The number of anilines is 1. The van der Waals surface area contributed by atoms with E-state index in [1.165, 1.54) is 11.6 Å². The third-order valence-electron chi connectivity index (χ3n) is 4.53. The van der Waals surface area contributed by atoms with Crippen molar-refractivity contribution >= 4 is 17.3 Å². The van der Waals surface area contributed by atoms with E-state index in [4.69, 9.17) is 0 Å². The van der Waals surface area contributed by atoms with Crippen LogP contribution < -0.4 is 5.32 Å². The Hall–Kier alpha value is -2.69. The minimum absolute atomic E-state index is 0.0266. The Morgan fingerprint density at radius 2 is 1.44 bits per heavy atom. The van der Waals surface area contributed by atoms with Crippen molar-refractivity contribution in [2.45, 2.75) is 58.8 Å². The maximum atomic E-state index is 12.5. The number of carbonyl (C=O) groups excluding carboxylic acids is 1. The van der Waals surface area contributed by atoms with E-state index in [0.717, 1.165) is 5.56 Å². The number of nitro benzene ring substituents is 1. The van der Waals surface area contributed by atoms with E-state index in [2.05, 4.69) is 26.1 Å². The summed E-state index contributed by atoms with van der Waals surface area (Å²) in [6.07, 6.45) is -0.0404. The lowest BCUT2D eigenvalue weighted by molar-refractivity contribution is -0.385. The van der Waals surface area contributed by atoms with Gasteiger partial charge >= 0.3 is 0 Å². The zero-order valence-corrected chi connectivity index (χ0v) is 16.9. The first kappa shape index (κ1) is 20.6. The van der Waals surface area contributed by atoms with Gasteiger partial charge in [-0.1, -0.05) is 59.7 Å². The van der Waals surface area contributed by atoms with Crippen LogP contribution >= 0.6 is 0 Å². The number of hydrogen-bond donors (Lipinski definition) is 1. The minimum Gasteiger partial charge on any atom is -0.326 e. The molecule has 0 heterocycles. The fourth-order valence-corrected chi connectivity index (χ4v) is 2.80. The van der Waals surface area contributed by atoms with Gasteiger partial charge in [0, 0.05) is 17.3 Å². The van der Waals surface area contributed by atoms with Gasteiger partial charge in [0.1, 0.15) is 0 Å². The van der Waals surface area contributed by atoms with Gasteiger partial charge in [-0.25, -0.2) is 0 Å². The van der Waals surface area contributed by atoms with Gasteiger partial charge < -0.3 is 5.32 Å². The van der Waals surface area contributed by atoms with Gasteiger partial charge in [0.2, 0.25) is 5.91 Å². The Labute approximate surface area is 161 Å². The van der Waals surface area contributed by atoms with Crippen LogP contribution in [0, 0.1) is 10.1 Å². The van der Waals surface area contributed by atoms with Gasteiger partial charge in [-0.3, -0.25) is 14.9 Å². The van der Waals surface area contributed by atoms with Crippen molar-refractivity contribution in [3.05, 3.63) is 69.3 Å². The molecule has 1 amide bonds. The molecule has 5 heteroatoms. The van der Waals surface area contributed by atoms with E-state index in [1.54, 1.807) is 12.1 Å². The van der Waals surface area contributed by atoms with Crippen molar-refractivity contribution in [1.29, 1.82) is 0 Å². The first-order chi connectivity index (χ1) is 12.4. The zero-order valence-electron chi connectivity index (χ0n) is 16.9. The highest BCUT2D eigenvalue weighted by molar-refractivity contribution is 5.92. The van der Waals surface area contributed by atoms with E-state index >= 15 is 0 Å². The first-order valence-corrected chi connectivity index (χ1v) is 9.06. The molecule has 0 atom stereocenters. The van der Waals surface area contributed by atoms with Crippen LogP contribution in [0.25, 0.3) is 0 Å². The largest absolute Gasteiger partial charge is 0.326 e. The van der Waals surface area contributed by atoms with Crippen LogP contribution in [0.3, 0.4) is 0 Å². The van der Waals surface area contributed by atoms with Gasteiger partial charge in [-0.05, 0) is 40.2 Å². The molecule has 0 aliphatic carbocycles. The molecule has 0 saturated carbocycles. The molecule has 0 bridgehead atoms. The predicted octanol–water partition coefficient (Wildman–Crippen LogP) is 5.37. The molecule has 144 valence electrons. The van der Waals surface area contributed by atoms with Gasteiger partial charge in [-0.2, -0.15) is 0 Å². The van der Waals surface area contributed by atoms with Crippen LogP contribution in [0.4, 0.5) is 11.4 Å². The van der Waals surface area contributed by atoms with Gasteiger partial charge in [0.05, 0.1) is 11.3 Å². The summed E-state index contributed by atoms with van der Waals surface area (Å²) >= 11 is 0. The average molecular weight is 368 g/mol. The molecule has 0 saturated heterocycles. The Morgan fingerprint density at radius 1 is 0.926 bits per heavy atom. The van der Waals surface area contributed by atoms with Crippen LogP contribution in [0.15, 0.2) is 42.5 Å². The molecule has 1 N–H and O–H groups in total. The molecule has 0 unspecified atom stereocenters. The summed E-state index contributed by atoms with van der Waals surface area (Å²) in [5.74, 6) is -0.271. The number of carbonyl (C=O) groups is 1. The normalized spacial score (nSPS) is 11.9. The fraction of sp³-hybridized carbons (Fsp3) is 0.409. The van der Waals surface area contributed by atoms with Crippen LogP contribution in [0.5, 0.6) is 0 Å². The molecular formula is C22H28N2O3. The van der Waals surface area contributed by atoms with Crippen molar-refractivity contribution in [3.8, 4) is 0 Å². The van der Waals surface area contributed by atoms with Crippen molar-refractivity contribution in [2.24, 2.45) is 0 Å². The smallest absolute Gasteiger partial charge is 0.273 e. The first-order valence-electron chi connectivity index (χ1n) is 9.06. The summed E-state index contributed by atoms with van der Waals surface area (Å²) in [7, 11) is 0. The van der Waals surface area contributed by atoms with E-state index < -0.39 is 4.92 Å². The SMILES string of the molecule is CC(C)(C)c1ccc(NC(=O)Cc2cc(C(C)(C)C)ccc2[N+](=O)[O-])cc1. The van der Waals surface area contributed by atoms with Crippen LogP contribution in [-0.4, -0.2) is 10.8 Å². The summed E-state index contributed by atoms with van der Waals surface area (Å²) in [5, 5.41) is 14.2. The second-order valence-corrected chi connectivity index (χ2v) is 8.90. The van der Waals surface area contributed by atoms with Gasteiger partial charge in [0.25, 0.3) is 5.69 Å². The van der Waals surface area contributed by atoms with E-state index in [9.17, 15) is 14.9 Å². The number of nitro groups is 1. The highest BCUT2D eigenvalue weighted by Crippen LogP contribution is 2.29. The van der Waals surface area contributed by atoms with Crippen LogP contribution in [-0.2, 0) is 22.0 Å². The number of nitrogens with zero attached hydrogens (tertiary/aromatic N) is 1. The van der Waals surface area contributed by atoms with Crippen LogP contribution in [0.2, 0.25) is 0 Å². The fourth-order valence-electron chi connectivity index (χ4n) is 2.80. The zero-order chi connectivity index (χ0) is 20.4. The van der Waals surface area contributed by atoms with E-state index in [0.29, 0.717) is 11.3 Å². The molecule has 0 fully saturated rings. The third kappa shape index (κ3) is 5.39. The number of hydrogen-bond acceptors (Lipinski definition) is 3. The van der Waals surface area contributed by atoms with Gasteiger partial charge in [0.15, 0.2) is 0 Å². The Kier molecular flexibility index (Phi) is 5.73. The summed E-state index contributed by atoms with van der Waals surface area (Å²) in [6, 6.07) is 12.7. The summed E-state index contributed by atoms with van der Waals surface area (Å²) in [4.78, 5) is 23.4. The maximum absolute atomic E-state index is 12.5. The standard InChI is InChI=1S/C22H28N2O3/c1-21(2,3)16-7-10-18(11-8-16)23-20(25)14-15-13-17(22(4,5)6)9-12-19(15)24(26)27/h7-13H,14H2,1-6H3,(H,23,25). The molecule has 27 heavy (non-hydrogen) atoms. The lowest BCUT2D eigenvalue weighted by Crippen LogP contribution is -2.17. The minimum atomic E-state index is -0.437. The summed E-state index contributed by atoms with van der Waals surface area (Å²) in [6.45, 7) is 12.5. The lowest BCUT2D eigenvalue weighted by atomic mass is 9.85. The Balaban J connectivity index is 2.20. The molecule has 5 nitrogen and oxygen atoms in total. The quantitative estimate of drug-likeness (QED) is 0.582. The summed E-state index contributed by atoms with van der Waals surface area (Å²) < 4.78 is 0. The second-order valence-electron chi connectivity index (χ2n) is 8.90. The molecule has 0 spiro atoms. The van der Waals surface area contributed by atoms with E-state index in [1.807, 2.05) is 45.0 Å². The Bertz CT molecular complexity index is 841. The van der Waals surface area contributed by atoms with Crippen molar-refractivity contribution < 1.29 is 9.72 Å². The van der Waals surface area contributed by atoms with Gasteiger partial charge in [-0.15, -0.1) is 0 Å². The Morgan fingerprint density at radius 3 is 1.93 bits per heavy atom. The molecule has 0 radical (unpaired) electrons. The molecule has 0 aromatic heterocycles. The maximum Gasteiger partial charge on any atom is 0.273 e. The number of amides is 1. The third-order valence-corrected chi connectivity index (χ3v) is 4.53. The highest BCUT2D eigenvalue weighted by atomic mass is 16.6. The van der Waals surface area contributed by atoms with Crippen molar-refractivity contribution in [3.63, 3.8) is 0 Å². The van der Waals surface area contributed by atoms with Crippen molar-refractivity contribution in [2.75, 3.05) is 5.32 Å². The molecule has 0 aliphatic rings. The molecule has 2 aromatic carbocycles. The summed E-state index contributed by atoms with van der Waals surface area (Å²) in [5.41, 5.74) is 3.11. The topological polar surface area (TPSA) is 72.2 Å². The number of rotatable bonds is 4. The lowest BCUT2D eigenvalue weighted by Gasteiger charge is -2.20. The molecule has 2 rings (SSSR count). The highest BCUT2D eigenvalue weighted by Gasteiger charge is 2.21. The number of nitrogens with one attached hydrogen (secondary N) is 1. The monoisotopic (exact) mass is 368 g/mol. The van der Waals surface area contributed by atoms with Crippen LogP contribution in [0.1, 0.15) is 58.2 Å². The predicted molar refractivity (Wildman–Crippen MR) is 109 cm³/mol. The second kappa shape index (κ2) is 7.51. The van der Waals surface area contributed by atoms with Crippen molar-refractivity contribution in [1.82, 2.24) is 0 Å². The molecule has 2 aromatic rings. The number of benzene rings is 2. The average Bonchev–Trinajstić information content (AvgIpc) is 2.53. The molecular weight excluding hydrogens is 340 g/mol.